The molecule has 3 nitrogen and oxygen atoms in total. The van der Waals surface area contributed by atoms with Crippen molar-refractivity contribution in [3.8, 4) is 17.0 Å². The number of aryl methyl sites for hydroxylation is 1. The average molecular weight is 377 g/mol. The monoisotopic (exact) mass is 376 g/mol. The molecule has 3 rings (SSSR count). The fourth-order valence-electron chi connectivity index (χ4n) is 2.07. The molecule has 0 spiro atoms. The molecule has 0 bridgehead atoms. The molecule has 0 atom stereocenters. The Kier molecular flexibility index (Phi) is 5.57. The molecule has 0 unspecified atom stereocenters. The number of hydrogen-bond acceptors (Lipinski definition) is 4. The minimum Gasteiger partial charge on any atom is -0.497 e. The molecule has 3 aromatic rings. The van der Waals surface area contributed by atoms with Gasteiger partial charge in [-0.1, -0.05) is 12.1 Å². The smallest absolute Gasteiger partial charge is 0.187 e. The number of nitrogens with zero attached hydrogens (tertiary/aromatic N) is 1. The largest absolute Gasteiger partial charge is 0.497 e. The van der Waals surface area contributed by atoms with Crippen LogP contribution in [0.5, 0.6) is 5.75 Å². The van der Waals surface area contributed by atoms with Crippen LogP contribution in [0.25, 0.3) is 11.3 Å². The maximum atomic E-state index is 5.17. The number of methoxy groups -OCH3 is 1. The van der Waals surface area contributed by atoms with Crippen LogP contribution >= 0.6 is 28.3 Å². The maximum absolute atomic E-state index is 5.17. The van der Waals surface area contributed by atoms with Crippen LogP contribution in [-0.4, -0.2) is 12.1 Å². The highest BCUT2D eigenvalue weighted by Gasteiger charge is 2.05. The van der Waals surface area contributed by atoms with E-state index in [2.05, 4.69) is 34.7 Å². The molecular weight excluding hydrogens is 360 g/mol. The van der Waals surface area contributed by atoms with Crippen molar-refractivity contribution < 1.29 is 4.74 Å². The second kappa shape index (κ2) is 7.42. The van der Waals surface area contributed by atoms with Gasteiger partial charge in [0.05, 0.1) is 12.8 Å². The Bertz CT molecular complexity index is 740. The van der Waals surface area contributed by atoms with Crippen LogP contribution in [0.15, 0.2) is 53.9 Å². The Balaban J connectivity index is 0.00000176. The summed E-state index contributed by atoms with van der Waals surface area (Å²) >= 11 is 1.60. The number of anilines is 2. The van der Waals surface area contributed by atoms with E-state index in [0.29, 0.717) is 0 Å². The first-order valence-electron chi connectivity index (χ1n) is 6.68. The second-order valence-corrected chi connectivity index (χ2v) is 5.62. The zero-order valence-corrected chi connectivity index (χ0v) is 14.9. The van der Waals surface area contributed by atoms with E-state index in [1.54, 1.807) is 18.4 Å². The number of rotatable bonds is 4. The molecule has 0 aliphatic heterocycles. The van der Waals surface area contributed by atoms with E-state index in [-0.39, 0.29) is 17.0 Å². The Hall–Kier alpha value is -1.85. The normalized spacial score (nSPS) is 9.91. The lowest BCUT2D eigenvalue weighted by molar-refractivity contribution is 0.415. The number of benzene rings is 2. The van der Waals surface area contributed by atoms with Gasteiger partial charge in [-0.3, -0.25) is 0 Å². The first kappa shape index (κ1) is 16.5. The summed E-state index contributed by atoms with van der Waals surface area (Å²) in [4.78, 5) is 4.63. The molecule has 0 amide bonds. The number of hydrogen-bond donors (Lipinski definition) is 1. The highest BCUT2D eigenvalue weighted by molar-refractivity contribution is 8.93. The van der Waals surface area contributed by atoms with Gasteiger partial charge in [0.1, 0.15) is 5.75 Å². The van der Waals surface area contributed by atoms with Gasteiger partial charge in [-0.2, -0.15) is 0 Å². The van der Waals surface area contributed by atoms with E-state index in [1.807, 2.05) is 36.4 Å². The lowest BCUT2D eigenvalue weighted by Gasteiger charge is -2.03. The molecule has 1 aromatic heterocycles. The summed E-state index contributed by atoms with van der Waals surface area (Å²) in [6.45, 7) is 2.08. The summed E-state index contributed by atoms with van der Waals surface area (Å²) in [6, 6.07) is 16.2. The molecule has 1 heterocycles. The van der Waals surface area contributed by atoms with Gasteiger partial charge in [0.2, 0.25) is 0 Å². The first-order chi connectivity index (χ1) is 10.2. The van der Waals surface area contributed by atoms with Crippen LogP contribution in [0, 0.1) is 6.92 Å². The summed E-state index contributed by atoms with van der Waals surface area (Å²) in [5.74, 6) is 0.854. The van der Waals surface area contributed by atoms with Crippen molar-refractivity contribution in [2.75, 3.05) is 12.4 Å². The van der Waals surface area contributed by atoms with E-state index in [9.17, 15) is 0 Å². The zero-order valence-electron chi connectivity index (χ0n) is 12.4. The van der Waals surface area contributed by atoms with E-state index in [0.717, 1.165) is 27.8 Å². The van der Waals surface area contributed by atoms with E-state index >= 15 is 0 Å². The Morgan fingerprint density at radius 2 is 1.86 bits per heavy atom. The fraction of sp³-hybridized carbons (Fsp3) is 0.118. The topological polar surface area (TPSA) is 34.1 Å². The molecule has 22 heavy (non-hydrogen) atoms. The molecule has 1 N–H and O–H groups in total. The average Bonchev–Trinajstić information content (AvgIpc) is 2.96. The predicted octanol–water partition coefficient (Wildman–Crippen LogP) is 5.45. The van der Waals surface area contributed by atoms with Gasteiger partial charge in [-0.25, -0.2) is 4.98 Å². The Labute approximate surface area is 144 Å². The minimum atomic E-state index is 0. The number of nitrogens with one attached hydrogen (secondary N) is 1. The van der Waals surface area contributed by atoms with Crippen LogP contribution in [0.3, 0.4) is 0 Å². The van der Waals surface area contributed by atoms with Crippen molar-refractivity contribution in [2.45, 2.75) is 6.92 Å². The van der Waals surface area contributed by atoms with E-state index in [4.69, 9.17) is 4.74 Å². The molecule has 5 heteroatoms. The second-order valence-electron chi connectivity index (χ2n) is 4.76. The molecule has 0 radical (unpaired) electrons. The molecule has 0 fully saturated rings. The van der Waals surface area contributed by atoms with Crippen LogP contribution in [0.4, 0.5) is 10.8 Å². The van der Waals surface area contributed by atoms with Gasteiger partial charge >= 0.3 is 0 Å². The van der Waals surface area contributed by atoms with Crippen molar-refractivity contribution in [3.63, 3.8) is 0 Å². The van der Waals surface area contributed by atoms with Crippen LogP contribution in [-0.2, 0) is 0 Å². The summed E-state index contributed by atoms with van der Waals surface area (Å²) in [5, 5.41) is 6.29. The maximum Gasteiger partial charge on any atom is 0.187 e. The van der Waals surface area contributed by atoms with E-state index < -0.39 is 0 Å². The minimum absolute atomic E-state index is 0. The number of ether oxygens (including phenoxy) is 1. The molecule has 2 aromatic carbocycles. The lowest BCUT2D eigenvalue weighted by Crippen LogP contribution is -1.90. The van der Waals surface area contributed by atoms with Gasteiger partial charge in [0.15, 0.2) is 5.13 Å². The molecule has 0 saturated carbocycles. The molecule has 0 aliphatic rings. The van der Waals surface area contributed by atoms with Gasteiger partial charge in [-0.05, 0) is 48.9 Å². The van der Waals surface area contributed by atoms with Gasteiger partial charge in [0, 0.05) is 16.6 Å². The lowest BCUT2D eigenvalue weighted by atomic mass is 10.2. The Morgan fingerprint density at radius 1 is 1.09 bits per heavy atom. The highest BCUT2D eigenvalue weighted by atomic mass is 79.9. The van der Waals surface area contributed by atoms with Crippen molar-refractivity contribution >= 4 is 39.1 Å². The highest BCUT2D eigenvalue weighted by Crippen LogP contribution is 2.28. The van der Waals surface area contributed by atoms with Crippen molar-refractivity contribution in [1.29, 1.82) is 0 Å². The van der Waals surface area contributed by atoms with Crippen LogP contribution < -0.4 is 10.1 Å². The van der Waals surface area contributed by atoms with Crippen LogP contribution in [0.2, 0.25) is 0 Å². The summed E-state index contributed by atoms with van der Waals surface area (Å²) in [6.07, 6.45) is 0. The number of aromatic nitrogens is 1. The molecule has 114 valence electrons. The number of halogens is 1. The SMILES string of the molecule is Br.COc1ccc(-c2csc(Nc3cccc(C)c3)n2)cc1. The quantitative estimate of drug-likeness (QED) is 0.657. The summed E-state index contributed by atoms with van der Waals surface area (Å²) in [7, 11) is 1.67. The predicted molar refractivity (Wildman–Crippen MR) is 98.9 cm³/mol. The van der Waals surface area contributed by atoms with E-state index in [1.165, 1.54) is 5.56 Å². The third kappa shape index (κ3) is 3.87. The fourth-order valence-corrected chi connectivity index (χ4v) is 2.81. The van der Waals surface area contributed by atoms with Crippen molar-refractivity contribution in [2.24, 2.45) is 0 Å². The summed E-state index contributed by atoms with van der Waals surface area (Å²) in [5.41, 5.74) is 4.35. The molecular formula is C17H17BrN2OS. The molecule has 0 aliphatic carbocycles. The standard InChI is InChI=1S/C17H16N2OS.BrH/c1-12-4-3-5-14(10-12)18-17-19-16(11-21-17)13-6-8-15(20-2)9-7-13;/h3-11H,1-2H3,(H,18,19);1H. The third-order valence-corrected chi connectivity index (χ3v) is 3.92. The summed E-state index contributed by atoms with van der Waals surface area (Å²) < 4.78 is 5.17. The van der Waals surface area contributed by atoms with Gasteiger partial charge in [-0.15, -0.1) is 28.3 Å². The Morgan fingerprint density at radius 3 is 2.55 bits per heavy atom. The van der Waals surface area contributed by atoms with Crippen LogP contribution in [0.1, 0.15) is 5.56 Å². The third-order valence-electron chi connectivity index (χ3n) is 3.16. The first-order valence-corrected chi connectivity index (χ1v) is 7.56. The molecule has 0 saturated heterocycles. The zero-order chi connectivity index (χ0) is 14.7. The van der Waals surface area contributed by atoms with Crippen molar-refractivity contribution in [3.05, 3.63) is 59.5 Å². The van der Waals surface area contributed by atoms with Gasteiger partial charge < -0.3 is 10.1 Å². The van der Waals surface area contributed by atoms with Gasteiger partial charge in [0.25, 0.3) is 0 Å². The number of thiazole rings is 1. The van der Waals surface area contributed by atoms with Crippen molar-refractivity contribution in [1.82, 2.24) is 4.98 Å².